The van der Waals surface area contributed by atoms with Crippen LogP contribution in [0, 0.1) is 5.41 Å². The maximum atomic E-state index is 12.8. The molecule has 1 fully saturated rings. The fourth-order valence-corrected chi connectivity index (χ4v) is 4.67. The van der Waals surface area contributed by atoms with Crippen LogP contribution in [-0.2, 0) is 10.0 Å². The van der Waals surface area contributed by atoms with Gasteiger partial charge in [0.2, 0.25) is 10.0 Å². The number of sulfonamides is 1. The lowest BCUT2D eigenvalue weighted by Crippen LogP contribution is -2.42. The Morgan fingerprint density at radius 1 is 1.29 bits per heavy atom. The third-order valence-corrected chi connectivity index (χ3v) is 6.84. The van der Waals surface area contributed by atoms with E-state index >= 15 is 0 Å². The summed E-state index contributed by atoms with van der Waals surface area (Å²) < 4.78 is 27.2. The Bertz CT molecular complexity index is 572. The minimum atomic E-state index is -3.46. The third kappa shape index (κ3) is 3.06. The average Bonchev–Trinajstić information content (AvgIpc) is 2.54. The van der Waals surface area contributed by atoms with Crippen molar-refractivity contribution in [1.29, 1.82) is 0 Å². The molecule has 0 atom stereocenters. The van der Waals surface area contributed by atoms with E-state index < -0.39 is 10.0 Å². The third-order valence-electron chi connectivity index (χ3n) is 4.91. The predicted molar refractivity (Wildman–Crippen MR) is 84.8 cm³/mol. The van der Waals surface area contributed by atoms with E-state index in [9.17, 15) is 8.42 Å². The molecule has 0 aliphatic carbocycles. The molecule has 6 heteroatoms. The molecule has 2 heterocycles. The molecule has 1 aliphatic heterocycles. The predicted octanol–water partition coefficient (Wildman–Crippen LogP) is 2.71. The van der Waals surface area contributed by atoms with Gasteiger partial charge in [-0.2, -0.15) is 4.31 Å². The van der Waals surface area contributed by atoms with Gasteiger partial charge in [0.1, 0.15) is 10.7 Å². The van der Waals surface area contributed by atoms with Gasteiger partial charge in [-0.25, -0.2) is 13.4 Å². The van der Waals surface area contributed by atoms with E-state index in [-0.39, 0.29) is 4.90 Å². The van der Waals surface area contributed by atoms with Gasteiger partial charge >= 0.3 is 0 Å². The van der Waals surface area contributed by atoms with Crippen LogP contribution in [0.25, 0.3) is 0 Å². The number of hydrogen-bond acceptors (Lipinski definition) is 4. The number of nitrogens with zero attached hydrogens (tertiary/aromatic N) is 2. The van der Waals surface area contributed by atoms with Gasteiger partial charge in [0.05, 0.1) is 0 Å². The molecule has 2 rings (SSSR count). The minimum Gasteiger partial charge on any atom is -0.372 e. The summed E-state index contributed by atoms with van der Waals surface area (Å²) in [6.45, 7) is 5.60. The molecule has 1 N–H and O–H groups in total. The first-order valence-electron chi connectivity index (χ1n) is 7.62. The summed E-state index contributed by atoms with van der Waals surface area (Å²) in [5.41, 5.74) is 0.312. The number of piperidine rings is 1. The number of aromatic nitrogens is 1. The van der Waals surface area contributed by atoms with Crippen LogP contribution in [0.5, 0.6) is 0 Å². The van der Waals surface area contributed by atoms with Crippen molar-refractivity contribution in [3.05, 3.63) is 18.3 Å². The Morgan fingerprint density at radius 3 is 2.43 bits per heavy atom. The van der Waals surface area contributed by atoms with E-state index in [1.165, 1.54) is 0 Å². The summed E-state index contributed by atoms with van der Waals surface area (Å²) >= 11 is 0. The Kier molecular flexibility index (Phi) is 4.88. The first-order valence-corrected chi connectivity index (χ1v) is 9.06. The zero-order valence-electron chi connectivity index (χ0n) is 13.1. The molecule has 0 saturated carbocycles. The number of anilines is 1. The summed E-state index contributed by atoms with van der Waals surface area (Å²) in [6, 6.07) is 3.29. The van der Waals surface area contributed by atoms with Crippen molar-refractivity contribution in [3.63, 3.8) is 0 Å². The quantitative estimate of drug-likeness (QED) is 0.908. The first kappa shape index (κ1) is 16.2. The van der Waals surface area contributed by atoms with E-state index in [0.29, 0.717) is 24.3 Å². The van der Waals surface area contributed by atoms with Crippen LogP contribution in [0.1, 0.15) is 39.5 Å². The molecule has 1 aliphatic rings. The second-order valence-corrected chi connectivity index (χ2v) is 7.62. The van der Waals surface area contributed by atoms with Crippen molar-refractivity contribution in [2.45, 2.75) is 44.4 Å². The number of nitrogens with one attached hydrogen (secondary N) is 1. The Balaban J connectivity index is 2.23. The minimum absolute atomic E-state index is 0.271. The molecule has 118 valence electrons. The molecule has 1 aromatic heterocycles. The monoisotopic (exact) mass is 311 g/mol. The van der Waals surface area contributed by atoms with Crippen molar-refractivity contribution in [3.8, 4) is 0 Å². The van der Waals surface area contributed by atoms with Crippen LogP contribution >= 0.6 is 0 Å². The van der Waals surface area contributed by atoms with Crippen LogP contribution in [0.3, 0.4) is 0 Å². The molecule has 1 aromatic rings. The van der Waals surface area contributed by atoms with Gasteiger partial charge in [0.15, 0.2) is 0 Å². The zero-order valence-corrected chi connectivity index (χ0v) is 13.9. The first-order chi connectivity index (χ1) is 9.99. The van der Waals surface area contributed by atoms with E-state index in [1.54, 1.807) is 29.7 Å². The van der Waals surface area contributed by atoms with Gasteiger partial charge in [0.25, 0.3) is 0 Å². The molecule has 0 spiro atoms. The van der Waals surface area contributed by atoms with Crippen LogP contribution in [-0.4, -0.2) is 37.8 Å². The SMILES string of the molecule is CCC1(CC)CCN(S(=O)(=O)c2cccnc2NC)CC1. The Hall–Kier alpha value is -1.14. The van der Waals surface area contributed by atoms with E-state index in [0.717, 1.165) is 25.7 Å². The zero-order chi connectivity index (χ0) is 15.5. The van der Waals surface area contributed by atoms with E-state index in [2.05, 4.69) is 24.1 Å². The molecule has 0 amide bonds. The van der Waals surface area contributed by atoms with Crippen molar-refractivity contribution in [1.82, 2.24) is 9.29 Å². The van der Waals surface area contributed by atoms with Crippen LogP contribution < -0.4 is 5.32 Å². The molecule has 21 heavy (non-hydrogen) atoms. The highest BCUT2D eigenvalue weighted by atomic mass is 32.2. The lowest BCUT2D eigenvalue weighted by atomic mass is 9.75. The lowest BCUT2D eigenvalue weighted by Gasteiger charge is -2.40. The van der Waals surface area contributed by atoms with Gasteiger partial charge in [-0.1, -0.05) is 26.7 Å². The molecular formula is C15H25N3O2S. The normalized spacial score (nSPS) is 19.4. The molecule has 0 bridgehead atoms. The van der Waals surface area contributed by atoms with Crippen molar-refractivity contribution >= 4 is 15.8 Å². The standard InChI is InChI=1S/C15H25N3O2S/c1-4-15(5-2)8-11-18(12-9-15)21(19,20)13-7-6-10-17-14(13)16-3/h6-7,10H,4-5,8-9,11-12H2,1-3H3,(H,16,17). The van der Waals surface area contributed by atoms with Crippen LogP contribution in [0.2, 0.25) is 0 Å². The highest BCUT2D eigenvalue weighted by Crippen LogP contribution is 2.39. The summed E-state index contributed by atoms with van der Waals surface area (Å²) in [4.78, 5) is 4.37. The maximum absolute atomic E-state index is 12.8. The summed E-state index contributed by atoms with van der Waals surface area (Å²) in [5.74, 6) is 0.417. The number of rotatable bonds is 5. The summed E-state index contributed by atoms with van der Waals surface area (Å²) in [6.07, 6.45) is 5.71. The number of pyridine rings is 1. The molecule has 1 saturated heterocycles. The summed E-state index contributed by atoms with van der Waals surface area (Å²) in [7, 11) is -1.77. The molecule has 5 nitrogen and oxygen atoms in total. The van der Waals surface area contributed by atoms with Gasteiger partial charge < -0.3 is 5.32 Å². The molecule has 0 unspecified atom stereocenters. The van der Waals surface area contributed by atoms with Gasteiger partial charge in [-0.3, -0.25) is 0 Å². The van der Waals surface area contributed by atoms with E-state index in [4.69, 9.17) is 0 Å². The molecular weight excluding hydrogens is 286 g/mol. The second kappa shape index (κ2) is 6.32. The highest BCUT2D eigenvalue weighted by Gasteiger charge is 2.37. The number of hydrogen-bond donors (Lipinski definition) is 1. The van der Waals surface area contributed by atoms with E-state index in [1.807, 2.05) is 0 Å². The van der Waals surface area contributed by atoms with Gasteiger partial charge in [-0.15, -0.1) is 0 Å². The van der Waals surface area contributed by atoms with Crippen molar-refractivity contribution in [2.75, 3.05) is 25.5 Å². The molecule has 0 radical (unpaired) electrons. The fourth-order valence-electron chi connectivity index (χ4n) is 3.08. The average molecular weight is 311 g/mol. The largest absolute Gasteiger partial charge is 0.372 e. The second-order valence-electron chi connectivity index (χ2n) is 5.71. The van der Waals surface area contributed by atoms with Crippen LogP contribution in [0.4, 0.5) is 5.82 Å². The van der Waals surface area contributed by atoms with Gasteiger partial charge in [-0.05, 0) is 30.4 Å². The van der Waals surface area contributed by atoms with Crippen LogP contribution in [0.15, 0.2) is 23.2 Å². The van der Waals surface area contributed by atoms with Gasteiger partial charge in [0, 0.05) is 26.3 Å². The topological polar surface area (TPSA) is 62.3 Å². The Morgan fingerprint density at radius 2 is 1.90 bits per heavy atom. The summed E-state index contributed by atoms with van der Waals surface area (Å²) in [5, 5.41) is 2.86. The van der Waals surface area contributed by atoms with Crippen molar-refractivity contribution in [2.24, 2.45) is 5.41 Å². The maximum Gasteiger partial charge on any atom is 0.246 e. The molecule has 0 aromatic carbocycles. The lowest BCUT2D eigenvalue weighted by molar-refractivity contribution is 0.141. The highest BCUT2D eigenvalue weighted by molar-refractivity contribution is 7.89. The fraction of sp³-hybridized carbons (Fsp3) is 0.667. The smallest absolute Gasteiger partial charge is 0.246 e. The van der Waals surface area contributed by atoms with Crippen molar-refractivity contribution < 1.29 is 8.42 Å². The Labute approximate surface area is 127 Å².